The van der Waals surface area contributed by atoms with Crippen molar-refractivity contribution in [1.29, 1.82) is 0 Å². The maximum absolute atomic E-state index is 5.83. The molecule has 3 unspecified atom stereocenters. The van der Waals surface area contributed by atoms with Gasteiger partial charge in [0.05, 0.1) is 31.5 Å². The van der Waals surface area contributed by atoms with Crippen molar-refractivity contribution in [3.05, 3.63) is 0 Å². The van der Waals surface area contributed by atoms with E-state index in [0.717, 1.165) is 32.7 Å². The van der Waals surface area contributed by atoms with Crippen LogP contribution < -0.4 is 0 Å². The molecule has 1 heterocycles. The summed E-state index contributed by atoms with van der Waals surface area (Å²) in [5, 5.41) is 0. The molecular weight excluding hydrogens is 240 g/mol. The Morgan fingerprint density at radius 2 is 2.18 bits per heavy atom. The van der Waals surface area contributed by atoms with Gasteiger partial charge in [0.1, 0.15) is 0 Å². The molecule has 0 saturated carbocycles. The van der Waals surface area contributed by atoms with Crippen LogP contribution in [0.5, 0.6) is 0 Å². The number of rotatable bonds is 9. The maximum atomic E-state index is 5.83. The lowest BCUT2D eigenvalue weighted by atomic mass is 10.2. The predicted octanol–water partition coefficient (Wildman–Crippen LogP) is 2.27. The Kier molecular flexibility index (Phi) is 8.22. The molecule has 3 atom stereocenters. The maximum Gasteiger partial charge on any atom is 0.0927 e. The molecule has 1 saturated heterocycles. The van der Waals surface area contributed by atoms with Crippen molar-refractivity contribution in [2.45, 2.75) is 45.0 Å². The second kappa shape index (κ2) is 9.16. The van der Waals surface area contributed by atoms with E-state index in [4.69, 9.17) is 18.4 Å². The summed E-state index contributed by atoms with van der Waals surface area (Å²) in [4.78, 5) is 0. The molecule has 0 radical (unpaired) electrons. The van der Waals surface area contributed by atoms with Gasteiger partial charge in [-0.1, -0.05) is 0 Å². The number of hydrogen-bond donors (Lipinski definition) is 0. The van der Waals surface area contributed by atoms with E-state index in [1.54, 1.807) is 0 Å². The second-order valence-electron chi connectivity index (χ2n) is 4.37. The fourth-order valence-corrected chi connectivity index (χ4v) is 2.09. The van der Waals surface area contributed by atoms with Crippen LogP contribution in [0, 0.1) is 0 Å². The third-order valence-corrected chi connectivity index (χ3v) is 3.12. The molecule has 1 rings (SSSR count). The summed E-state index contributed by atoms with van der Waals surface area (Å²) < 4.78 is 21.9. The summed E-state index contributed by atoms with van der Waals surface area (Å²) in [6, 6.07) is 0. The van der Waals surface area contributed by atoms with E-state index in [9.17, 15) is 0 Å². The molecule has 0 aliphatic carbocycles. The summed E-state index contributed by atoms with van der Waals surface area (Å²) in [5.74, 6) is 0. The van der Waals surface area contributed by atoms with E-state index in [-0.39, 0.29) is 18.3 Å². The molecule has 0 N–H and O–H groups in total. The van der Waals surface area contributed by atoms with E-state index < -0.39 is 0 Å². The molecule has 0 bridgehead atoms. The van der Waals surface area contributed by atoms with Gasteiger partial charge in [0.25, 0.3) is 0 Å². The highest BCUT2D eigenvalue weighted by Gasteiger charge is 2.18. The Bertz CT molecular complexity index is 185. The average Bonchev–Trinajstić information content (AvgIpc) is 2.77. The van der Waals surface area contributed by atoms with Gasteiger partial charge in [0.15, 0.2) is 0 Å². The minimum Gasteiger partial charge on any atom is -0.379 e. The van der Waals surface area contributed by atoms with Crippen LogP contribution in [0.1, 0.15) is 26.7 Å². The molecule has 0 amide bonds. The van der Waals surface area contributed by atoms with Gasteiger partial charge in [-0.25, -0.2) is 0 Å². The summed E-state index contributed by atoms with van der Waals surface area (Å²) in [6.07, 6.45) is 4.51. The average molecular weight is 264 g/mol. The molecule has 17 heavy (non-hydrogen) atoms. The fourth-order valence-electron chi connectivity index (χ4n) is 1.71. The first kappa shape index (κ1) is 15.2. The molecular formula is C12H24O4S. The highest BCUT2D eigenvalue weighted by molar-refractivity contribution is 7.93. The minimum absolute atomic E-state index is 0.143. The summed E-state index contributed by atoms with van der Waals surface area (Å²) in [7, 11) is 0. The van der Waals surface area contributed by atoms with Gasteiger partial charge in [-0.3, -0.25) is 0 Å². The quantitative estimate of drug-likeness (QED) is 0.472. The van der Waals surface area contributed by atoms with E-state index in [1.807, 2.05) is 13.2 Å². The number of hydrogen-bond acceptors (Lipinski definition) is 5. The van der Waals surface area contributed by atoms with Crippen molar-refractivity contribution in [3.63, 3.8) is 0 Å². The zero-order valence-electron chi connectivity index (χ0n) is 11.0. The van der Waals surface area contributed by atoms with Crippen molar-refractivity contribution < 1.29 is 18.4 Å². The molecule has 0 aromatic heterocycles. The Morgan fingerprint density at radius 1 is 1.35 bits per heavy atom. The first-order valence-corrected chi connectivity index (χ1v) is 7.37. The third kappa shape index (κ3) is 7.26. The van der Waals surface area contributed by atoms with Crippen LogP contribution in [0.2, 0.25) is 0 Å². The van der Waals surface area contributed by atoms with E-state index >= 15 is 0 Å². The van der Waals surface area contributed by atoms with Crippen LogP contribution in [0.4, 0.5) is 0 Å². The molecule has 5 heteroatoms. The fraction of sp³-hybridized carbons (Fsp3) is 1.00. The molecule has 0 aromatic carbocycles. The van der Waals surface area contributed by atoms with Crippen LogP contribution in [0.3, 0.4) is 0 Å². The standard InChI is InChI=1S/C12H24O4S/c1-10(15-12-5-7-14-9-12)4-6-13-8-11(2)16-17-3/h10-12H,4-9H2,1-3H3. The lowest BCUT2D eigenvalue weighted by molar-refractivity contribution is -0.0271. The molecule has 102 valence electrons. The van der Waals surface area contributed by atoms with Gasteiger partial charge in [-0.15, -0.1) is 0 Å². The molecule has 0 spiro atoms. The van der Waals surface area contributed by atoms with Crippen molar-refractivity contribution in [3.8, 4) is 0 Å². The van der Waals surface area contributed by atoms with E-state index in [1.165, 1.54) is 12.0 Å². The van der Waals surface area contributed by atoms with Gasteiger partial charge in [0.2, 0.25) is 0 Å². The smallest absolute Gasteiger partial charge is 0.0927 e. The Balaban J connectivity index is 1.94. The first-order valence-electron chi connectivity index (χ1n) is 6.22. The lowest BCUT2D eigenvalue weighted by Gasteiger charge is -2.18. The highest BCUT2D eigenvalue weighted by Crippen LogP contribution is 2.12. The molecule has 0 aromatic rings. The predicted molar refractivity (Wildman–Crippen MR) is 69.3 cm³/mol. The van der Waals surface area contributed by atoms with Gasteiger partial charge in [0, 0.05) is 19.5 Å². The van der Waals surface area contributed by atoms with Crippen LogP contribution in [0.15, 0.2) is 0 Å². The van der Waals surface area contributed by atoms with Crippen molar-refractivity contribution in [2.75, 3.05) is 32.7 Å². The van der Waals surface area contributed by atoms with Crippen LogP contribution in [-0.2, 0) is 18.4 Å². The molecule has 4 nitrogen and oxygen atoms in total. The zero-order valence-corrected chi connectivity index (χ0v) is 11.8. The van der Waals surface area contributed by atoms with E-state index in [0.29, 0.717) is 6.61 Å². The first-order chi connectivity index (χ1) is 8.22. The second-order valence-corrected chi connectivity index (χ2v) is 4.90. The molecule has 1 aliphatic heterocycles. The molecule has 1 aliphatic rings. The van der Waals surface area contributed by atoms with Gasteiger partial charge >= 0.3 is 0 Å². The van der Waals surface area contributed by atoms with Gasteiger partial charge in [-0.05, 0) is 38.7 Å². The van der Waals surface area contributed by atoms with E-state index in [2.05, 4.69) is 6.92 Å². The summed E-state index contributed by atoms with van der Waals surface area (Å²) in [6.45, 7) is 7.02. The van der Waals surface area contributed by atoms with Gasteiger partial charge in [-0.2, -0.15) is 0 Å². The Hall–Kier alpha value is 0.190. The SMILES string of the molecule is CSOC(C)COCCC(C)OC1CCOC1. The normalized spacial score (nSPS) is 23.8. The van der Waals surface area contributed by atoms with Crippen LogP contribution in [0.25, 0.3) is 0 Å². The van der Waals surface area contributed by atoms with Gasteiger partial charge < -0.3 is 18.4 Å². The minimum atomic E-state index is 0.143. The highest BCUT2D eigenvalue weighted by atomic mass is 32.2. The Morgan fingerprint density at radius 3 is 2.82 bits per heavy atom. The topological polar surface area (TPSA) is 36.9 Å². The van der Waals surface area contributed by atoms with Crippen molar-refractivity contribution in [1.82, 2.24) is 0 Å². The van der Waals surface area contributed by atoms with Crippen molar-refractivity contribution >= 4 is 12.0 Å². The third-order valence-electron chi connectivity index (χ3n) is 2.59. The lowest BCUT2D eigenvalue weighted by Crippen LogP contribution is -2.22. The van der Waals surface area contributed by atoms with Crippen molar-refractivity contribution in [2.24, 2.45) is 0 Å². The monoisotopic (exact) mass is 264 g/mol. The molecule has 1 fully saturated rings. The van der Waals surface area contributed by atoms with Crippen LogP contribution >= 0.6 is 12.0 Å². The zero-order chi connectivity index (χ0) is 12.5. The Labute approximate surface area is 109 Å². The number of ether oxygens (including phenoxy) is 3. The largest absolute Gasteiger partial charge is 0.379 e. The van der Waals surface area contributed by atoms with Crippen LogP contribution in [-0.4, -0.2) is 51.0 Å². The summed E-state index contributed by atoms with van der Waals surface area (Å²) in [5.41, 5.74) is 0. The summed E-state index contributed by atoms with van der Waals surface area (Å²) >= 11 is 1.38.